The molecule has 0 aromatic carbocycles. The van der Waals surface area contributed by atoms with E-state index in [1.165, 1.54) is 51.5 Å². The summed E-state index contributed by atoms with van der Waals surface area (Å²) in [7, 11) is 0. The van der Waals surface area contributed by atoms with E-state index in [9.17, 15) is 4.79 Å². The second kappa shape index (κ2) is 6.18. The molecule has 104 valence electrons. The molecule has 1 heterocycles. The predicted molar refractivity (Wildman–Crippen MR) is 75.6 cm³/mol. The third-order valence-corrected chi connectivity index (χ3v) is 4.98. The SMILES string of the molecule is CCCC1CCN(CC2(C=O)CCCC(C)C2)C1. The fourth-order valence-corrected chi connectivity index (χ4v) is 4.13. The molecule has 3 atom stereocenters. The Bertz CT molecular complexity index is 278. The quantitative estimate of drug-likeness (QED) is 0.697. The summed E-state index contributed by atoms with van der Waals surface area (Å²) in [4.78, 5) is 14.2. The first-order valence-corrected chi connectivity index (χ1v) is 7.86. The van der Waals surface area contributed by atoms with Gasteiger partial charge in [-0.1, -0.05) is 33.1 Å². The maximum atomic E-state index is 11.6. The Balaban J connectivity index is 1.89. The third-order valence-electron chi connectivity index (χ3n) is 4.98. The van der Waals surface area contributed by atoms with Crippen LogP contribution >= 0.6 is 0 Å². The van der Waals surface area contributed by atoms with E-state index in [0.717, 1.165) is 31.2 Å². The van der Waals surface area contributed by atoms with Crippen molar-refractivity contribution in [2.45, 2.75) is 58.8 Å². The average Bonchev–Trinajstić information content (AvgIpc) is 2.77. The number of carbonyl (C=O) groups excluding carboxylic acids is 1. The number of aldehydes is 1. The molecule has 2 aliphatic rings. The molecule has 18 heavy (non-hydrogen) atoms. The van der Waals surface area contributed by atoms with Crippen LogP contribution in [-0.4, -0.2) is 30.8 Å². The van der Waals surface area contributed by atoms with Crippen LogP contribution in [0.5, 0.6) is 0 Å². The second-order valence-electron chi connectivity index (χ2n) is 6.86. The standard InChI is InChI=1S/C16H29NO/c1-3-5-15-7-9-17(11-15)12-16(13-18)8-4-6-14(2)10-16/h13-15H,3-12H2,1-2H3. The largest absolute Gasteiger partial charge is 0.303 e. The zero-order valence-electron chi connectivity index (χ0n) is 12.2. The van der Waals surface area contributed by atoms with E-state index in [0.29, 0.717) is 0 Å². The molecule has 1 saturated carbocycles. The summed E-state index contributed by atoms with van der Waals surface area (Å²) in [6.07, 6.45) is 10.1. The van der Waals surface area contributed by atoms with Crippen molar-refractivity contribution >= 4 is 6.29 Å². The number of nitrogens with zero attached hydrogens (tertiary/aromatic N) is 1. The van der Waals surface area contributed by atoms with E-state index in [-0.39, 0.29) is 5.41 Å². The minimum Gasteiger partial charge on any atom is -0.303 e. The van der Waals surface area contributed by atoms with Crippen LogP contribution in [0.2, 0.25) is 0 Å². The van der Waals surface area contributed by atoms with Crippen LogP contribution in [0, 0.1) is 17.3 Å². The lowest BCUT2D eigenvalue weighted by atomic mass is 9.71. The van der Waals surface area contributed by atoms with E-state index >= 15 is 0 Å². The molecule has 2 heteroatoms. The lowest BCUT2D eigenvalue weighted by Gasteiger charge is -2.38. The Kier molecular flexibility index (Phi) is 4.83. The minimum atomic E-state index is -0.0151. The van der Waals surface area contributed by atoms with Crippen molar-refractivity contribution in [3.63, 3.8) is 0 Å². The molecular formula is C16H29NO. The summed E-state index contributed by atoms with van der Waals surface area (Å²) in [5, 5.41) is 0. The van der Waals surface area contributed by atoms with Gasteiger partial charge >= 0.3 is 0 Å². The topological polar surface area (TPSA) is 20.3 Å². The highest BCUT2D eigenvalue weighted by atomic mass is 16.1. The Morgan fingerprint density at radius 3 is 2.89 bits per heavy atom. The number of rotatable bonds is 5. The highest BCUT2D eigenvalue weighted by Gasteiger charge is 2.37. The molecule has 0 N–H and O–H groups in total. The average molecular weight is 251 g/mol. The van der Waals surface area contributed by atoms with Gasteiger partial charge in [-0.25, -0.2) is 0 Å². The van der Waals surface area contributed by atoms with Gasteiger partial charge in [0.05, 0.1) is 0 Å². The molecule has 0 spiro atoms. The van der Waals surface area contributed by atoms with E-state index in [1.54, 1.807) is 0 Å². The van der Waals surface area contributed by atoms with Crippen molar-refractivity contribution in [1.29, 1.82) is 0 Å². The number of hydrogen-bond acceptors (Lipinski definition) is 2. The first-order chi connectivity index (χ1) is 8.67. The van der Waals surface area contributed by atoms with Gasteiger partial charge in [0.15, 0.2) is 0 Å². The zero-order chi connectivity index (χ0) is 13.0. The van der Waals surface area contributed by atoms with Crippen molar-refractivity contribution in [3.8, 4) is 0 Å². The monoisotopic (exact) mass is 251 g/mol. The van der Waals surface area contributed by atoms with Crippen LogP contribution in [0.1, 0.15) is 58.8 Å². The summed E-state index contributed by atoms with van der Waals surface area (Å²) in [6, 6.07) is 0. The van der Waals surface area contributed by atoms with Crippen LogP contribution in [0.3, 0.4) is 0 Å². The fourth-order valence-electron chi connectivity index (χ4n) is 4.13. The van der Waals surface area contributed by atoms with Crippen LogP contribution in [0.15, 0.2) is 0 Å². The summed E-state index contributed by atoms with van der Waals surface area (Å²) in [5.41, 5.74) is -0.0151. The van der Waals surface area contributed by atoms with Gasteiger partial charge in [0.1, 0.15) is 6.29 Å². The zero-order valence-corrected chi connectivity index (χ0v) is 12.2. The van der Waals surface area contributed by atoms with Gasteiger partial charge in [0, 0.05) is 18.5 Å². The Labute approximate surface area is 112 Å². The van der Waals surface area contributed by atoms with Crippen molar-refractivity contribution in [2.24, 2.45) is 17.3 Å². The van der Waals surface area contributed by atoms with E-state index in [2.05, 4.69) is 18.7 Å². The summed E-state index contributed by atoms with van der Waals surface area (Å²) in [5.74, 6) is 1.62. The van der Waals surface area contributed by atoms with Crippen molar-refractivity contribution in [1.82, 2.24) is 4.90 Å². The van der Waals surface area contributed by atoms with Gasteiger partial charge in [-0.05, 0) is 44.1 Å². The van der Waals surface area contributed by atoms with Gasteiger partial charge in [-0.3, -0.25) is 0 Å². The number of hydrogen-bond donors (Lipinski definition) is 0. The summed E-state index contributed by atoms with van der Waals surface area (Å²) >= 11 is 0. The van der Waals surface area contributed by atoms with Crippen LogP contribution in [0.4, 0.5) is 0 Å². The molecule has 0 aromatic heterocycles. The van der Waals surface area contributed by atoms with Gasteiger partial charge in [0.2, 0.25) is 0 Å². The molecule has 2 nitrogen and oxygen atoms in total. The minimum absolute atomic E-state index is 0.0151. The second-order valence-corrected chi connectivity index (χ2v) is 6.86. The third kappa shape index (κ3) is 3.34. The van der Waals surface area contributed by atoms with Crippen molar-refractivity contribution < 1.29 is 4.79 Å². The maximum Gasteiger partial charge on any atom is 0.127 e. The lowest BCUT2D eigenvalue weighted by Crippen LogP contribution is -2.41. The number of likely N-dealkylation sites (tertiary alicyclic amines) is 1. The summed E-state index contributed by atoms with van der Waals surface area (Å²) < 4.78 is 0. The Hall–Kier alpha value is -0.370. The Morgan fingerprint density at radius 1 is 1.39 bits per heavy atom. The molecule has 0 radical (unpaired) electrons. The molecule has 1 saturated heterocycles. The molecule has 0 aromatic rings. The fraction of sp³-hybridized carbons (Fsp3) is 0.938. The Morgan fingerprint density at radius 2 is 2.22 bits per heavy atom. The molecule has 0 amide bonds. The maximum absolute atomic E-state index is 11.6. The smallest absolute Gasteiger partial charge is 0.127 e. The molecule has 2 fully saturated rings. The molecule has 1 aliphatic carbocycles. The van der Waals surface area contributed by atoms with Crippen molar-refractivity contribution in [2.75, 3.05) is 19.6 Å². The molecule has 3 unspecified atom stereocenters. The highest BCUT2D eigenvalue weighted by molar-refractivity contribution is 5.60. The van der Waals surface area contributed by atoms with E-state index in [4.69, 9.17) is 0 Å². The van der Waals surface area contributed by atoms with Gasteiger partial charge in [0.25, 0.3) is 0 Å². The first-order valence-electron chi connectivity index (χ1n) is 7.86. The van der Waals surface area contributed by atoms with E-state index in [1.807, 2.05) is 0 Å². The first kappa shape index (κ1) is 14.0. The van der Waals surface area contributed by atoms with Crippen LogP contribution in [-0.2, 0) is 4.79 Å². The van der Waals surface area contributed by atoms with Gasteiger partial charge < -0.3 is 9.69 Å². The van der Waals surface area contributed by atoms with Crippen molar-refractivity contribution in [3.05, 3.63) is 0 Å². The lowest BCUT2D eigenvalue weighted by molar-refractivity contribution is -0.119. The van der Waals surface area contributed by atoms with Gasteiger partial charge in [-0.2, -0.15) is 0 Å². The van der Waals surface area contributed by atoms with Crippen LogP contribution < -0.4 is 0 Å². The summed E-state index contributed by atoms with van der Waals surface area (Å²) in [6.45, 7) is 8.06. The normalized spacial score (nSPS) is 37.9. The molecular weight excluding hydrogens is 222 g/mol. The molecule has 2 rings (SSSR count). The van der Waals surface area contributed by atoms with E-state index < -0.39 is 0 Å². The molecule has 1 aliphatic heterocycles. The van der Waals surface area contributed by atoms with Gasteiger partial charge in [-0.15, -0.1) is 0 Å². The predicted octanol–water partition coefficient (Wildman–Crippen LogP) is 3.50. The number of carbonyl (C=O) groups is 1. The highest BCUT2D eigenvalue weighted by Crippen LogP contribution is 2.39. The molecule has 0 bridgehead atoms. The van der Waals surface area contributed by atoms with Crippen LogP contribution in [0.25, 0.3) is 0 Å².